The molecule has 0 unspecified atom stereocenters. The number of benzene rings is 1. The summed E-state index contributed by atoms with van der Waals surface area (Å²) in [5.41, 5.74) is 1.72. The van der Waals surface area contributed by atoms with E-state index >= 15 is 0 Å². The first-order valence-corrected chi connectivity index (χ1v) is 3.76. The lowest BCUT2D eigenvalue weighted by Gasteiger charge is -2.04. The zero-order valence-electron chi connectivity index (χ0n) is 7.28. The topological polar surface area (TPSA) is 46.5 Å². The van der Waals surface area contributed by atoms with E-state index in [1.54, 1.807) is 6.07 Å². The Balaban J connectivity index is 2.83. The second-order valence-electron chi connectivity index (χ2n) is 2.66. The van der Waals surface area contributed by atoms with Gasteiger partial charge >= 0.3 is 6.16 Å². The summed E-state index contributed by atoms with van der Waals surface area (Å²) in [7, 11) is 0. The van der Waals surface area contributed by atoms with Crippen molar-refractivity contribution in [1.29, 1.82) is 0 Å². The van der Waals surface area contributed by atoms with Crippen molar-refractivity contribution in [2.24, 2.45) is 0 Å². The van der Waals surface area contributed by atoms with Crippen LogP contribution in [-0.2, 0) is 4.74 Å². The SMILES string of the molecule is C=C(OC(=O)O)c1cccc(C)c1. The van der Waals surface area contributed by atoms with Crippen LogP contribution in [0.4, 0.5) is 4.79 Å². The van der Waals surface area contributed by atoms with Crippen molar-refractivity contribution in [2.75, 3.05) is 0 Å². The Hall–Kier alpha value is -1.77. The maximum absolute atomic E-state index is 10.2. The smallest absolute Gasteiger partial charge is 0.449 e. The van der Waals surface area contributed by atoms with Gasteiger partial charge in [0.1, 0.15) is 5.76 Å². The van der Waals surface area contributed by atoms with E-state index in [0.717, 1.165) is 5.56 Å². The normalized spacial score (nSPS) is 9.31. The third kappa shape index (κ3) is 2.63. The molecule has 0 saturated heterocycles. The maximum atomic E-state index is 10.2. The second kappa shape index (κ2) is 3.76. The summed E-state index contributed by atoms with van der Waals surface area (Å²) in [6.45, 7) is 5.42. The van der Waals surface area contributed by atoms with Crippen LogP contribution in [0.1, 0.15) is 11.1 Å². The number of hydrogen-bond donors (Lipinski definition) is 1. The molecule has 0 aliphatic carbocycles. The molecule has 1 N–H and O–H groups in total. The first-order chi connectivity index (χ1) is 6.09. The van der Waals surface area contributed by atoms with Gasteiger partial charge in [0.05, 0.1) is 0 Å². The molecule has 0 amide bonds. The highest BCUT2D eigenvalue weighted by molar-refractivity contribution is 5.70. The van der Waals surface area contributed by atoms with Crippen molar-refractivity contribution in [3.05, 3.63) is 42.0 Å². The number of ether oxygens (including phenoxy) is 1. The third-order valence-electron chi connectivity index (χ3n) is 1.55. The van der Waals surface area contributed by atoms with E-state index in [2.05, 4.69) is 11.3 Å². The summed E-state index contributed by atoms with van der Waals surface area (Å²) in [6, 6.07) is 7.29. The minimum atomic E-state index is -1.34. The first-order valence-electron chi connectivity index (χ1n) is 3.76. The molecule has 3 heteroatoms. The van der Waals surface area contributed by atoms with Crippen molar-refractivity contribution < 1.29 is 14.6 Å². The van der Waals surface area contributed by atoms with Gasteiger partial charge in [-0.15, -0.1) is 0 Å². The molecular weight excluding hydrogens is 168 g/mol. The number of aryl methyl sites for hydroxylation is 1. The quantitative estimate of drug-likeness (QED) is 0.559. The Morgan fingerprint density at radius 1 is 1.54 bits per heavy atom. The molecule has 1 aromatic rings. The molecule has 0 aliphatic heterocycles. The van der Waals surface area contributed by atoms with Crippen molar-refractivity contribution in [3.8, 4) is 0 Å². The monoisotopic (exact) mass is 178 g/mol. The largest absolute Gasteiger partial charge is 0.511 e. The van der Waals surface area contributed by atoms with Gasteiger partial charge in [0.15, 0.2) is 0 Å². The Morgan fingerprint density at radius 3 is 2.77 bits per heavy atom. The zero-order valence-corrected chi connectivity index (χ0v) is 7.28. The Morgan fingerprint density at radius 2 is 2.23 bits per heavy atom. The molecule has 0 aromatic heterocycles. The van der Waals surface area contributed by atoms with Gasteiger partial charge in [0, 0.05) is 5.56 Å². The van der Waals surface area contributed by atoms with Crippen LogP contribution in [0.5, 0.6) is 0 Å². The van der Waals surface area contributed by atoms with Crippen LogP contribution < -0.4 is 0 Å². The van der Waals surface area contributed by atoms with E-state index < -0.39 is 6.16 Å². The molecule has 3 nitrogen and oxygen atoms in total. The van der Waals surface area contributed by atoms with Crippen molar-refractivity contribution in [2.45, 2.75) is 6.92 Å². The van der Waals surface area contributed by atoms with Gasteiger partial charge in [-0.25, -0.2) is 4.79 Å². The van der Waals surface area contributed by atoms with Gasteiger partial charge < -0.3 is 9.84 Å². The minimum absolute atomic E-state index is 0.149. The van der Waals surface area contributed by atoms with Crippen molar-refractivity contribution in [3.63, 3.8) is 0 Å². The molecule has 1 aromatic carbocycles. The fourth-order valence-corrected chi connectivity index (χ4v) is 0.983. The highest BCUT2D eigenvalue weighted by Gasteiger charge is 2.04. The fraction of sp³-hybridized carbons (Fsp3) is 0.100. The Kier molecular flexibility index (Phi) is 2.69. The van der Waals surface area contributed by atoms with Gasteiger partial charge in [-0.2, -0.15) is 0 Å². The van der Waals surface area contributed by atoms with Crippen LogP contribution in [-0.4, -0.2) is 11.3 Å². The van der Waals surface area contributed by atoms with E-state index in [1.165, 1.54) is 0 Å². The fourth-order valence-electron chi connectivity index (χ4n) is 0.983. The van der Waals surface area contributed by atoms with Crippen molar-refractivity contribution >= 4 is 11.9 Å². The molecule has 0 aliphatic rings. The van der Waals surface area contributed by atoms with Crippen LogP contribution in [0.25, 0.3) is 5.76 Å². The standard InChI is InChI=1S/C10H10O3/c1-7-4-3-5-9(6-7)8(2)13-10(11)12/h3-6H,2H2,1H3,(H,11,12). The summed E-state index contributed by atoms with van der Waals surface area (Å²) in [5, 5.41) is 8.33. The van der Waals surface area contributed by atoms with E-state index in [1.807, 2.05) is 25.1 Å². The predicted molar refractivity (Wildman–Crippen MR) is 49.3 cm³/mol. The van der Waals surface area contributed by atoms with Gasteiger partial charge in [-0.05, 0) is 13.0 Å². The second-order valence-corrected chi connectivity index (χ2v) is 2.66. The molecule has 0 radical (unpaired) electrons. The van der Waals surface area contributed by atoms with Crippen LogP contribution in [0.15, 0.2) is 30.8 Å². The molecule has 0 saturated carbocycles. The molecule has 0 bridgehead atoms. The van der Waals surface area contributed by atoms with Gasteiger partial charge in [0.2, 0.25) is 0 Å². The van der Waals surface area contributed by atoms with E-state index in [0.29, 0.717) is 5.56 Å². The number of carboxylic acid groups (broad SMARTS) is 1. The summed E-state index contributed by atoms with van der Waals surface area (Å²) in [6.07, 6.45) is -1.34. The lowest BCUT2D eigenvalue weighted by atomic mass is 10.1. The molecular formula is C10H10O3. The Labute approximate surface area is 76.3 Å². The number of hydrogen-bond acceptors (Lipinski definition) is 2. The van der Waals surface area contributed by atoms with Crippen LogP contribution in [0.3, 0.4) is 0 Å². The van der Waals surface area contributed by atoms with E-state index in [-0.39, 0.29) is 5.76 Å². The lowest BCUT2D eigenvalue weighted by molar-refractivity contribution is 0.135. The molecule has 0 spiro atoms. The molecule has 1 rings (SSSR count). The van der Waals surface area contributed by atoms with Crippen molar-refractivity contribution in [1.82, 2.24) is 0 Å². The summed E-state index contributed by atoms with van der Waals surface area (Å²) >= 11 is 0. The Bertz CT molecular complexity index is 342. The molecule has 0 fully saturated rings. The summed E-state index contributed by atoms with van der Waals surface area (Å²) in [5.74, 6) is 0.149. The van der Waals surface area contributed by atoms with Gasteiger partial charge in [-0.1, -0.05) is 30.3 Å². The van der Waals surface area contributed by atoms with Crippen LogP contribution in [0, 0.1) is 6.92 Å². The lowest BCUT2D eigenvalue weighted by Crippen LogP contribution is -1.98. The molecule has 13 heavy (non-hydrogen) atoms. The zero-order chi connectivity index (χ0) is 9.84. The minimum Gasteiger partial charge on any atom is -0.449 e. The third-order valence-corrected chi connectivity index (χ3v) is 1.55. The van der Waals surface area contributed by atoms with Gasteiger partial charge in [0.25, 0.3) is 0 Å². The van der Waals surface area contributed by atoms with Crippen LogP contribution in [0.2, 0.25) is 0 Å². The van der Waals surface area contributed by atoms with Gasteiger partial charge in [-0.3, -0.25) is 0 Å². The highest BCUT2D eigenvalue weighted by Crippen LogP contribution is 2.14. The first kappa shape index (κ1) is 9.32. The molecule has 0 heterocycles. The average molecular weight is 178 g/mol. The van der Waals surface area contributed by atoms with E-state index in [4.69, 9.17) is 5.11 Å². The molecule has 68 valence electrons. The van der Waals surface area contributed by atoms with E-state index in [9.17, 15) is 4.79 Å². The summed E-state index contributed by atoms with van der Waals surface area (Å²) in [4.78, 5) is 10.2. The predicted octanol–water partition coefficient (Wildman–Crippen LogP) is 2.66. The highest BCUT2D eigenvalue weighted by atomic mass is 16.7. The van der Waals surface area contributed by atoms with Crippen LogP contribution >= 0.6 is 0 Å². The average Bonchev–Trinajstić information content (AvgIpc) is 2.03. The molecule has 0 atom stereocenters. The number of rotatable bonds is 2. The maximum Gasteiger partial charge on any atom is 0.511 e. The summed E-state index contributed by atoms with van der Waals surface area (Å²) < 4.78 is 4.41. The number of carbonyl (C=O) groups is 1.